The summed E-state index contributed by atoms with van der Waals surface area (Å²) in [6.45, 7) is 1.44. The van der Waals surface area contributed by atoms with Crippen LogP contribution in [0.25, 0.3) is 0 Å². The van der Waals surface area contributed by atoms with Gasteiger partial charge in [0.25, 0.3) is 0 Å². The fourth-order valence-corrected chi connectivity index (χ4v) is 5.87. The van der Waals surface area contributed by atoms with E-state index in [4.69, 9.17) is 0 Å². The molecule has 4 rings (SSSR count). The highest BCUT2D eigenvalue weighted by Gasteiger charge is 2.25. The maximum Gasteiger partial charge on any atom is 0.344 e. The summed E-state index contributed by atoms with van der Waals surface area (Å²) < 4.78 is 28.5. The molecule has 1 aliphatic rings. The van der Waals surface area contributed by atoms with Gasteiger partial charge in [-0.05, 0) is 42.7 Å². The van der Waals surface area contributed by atoms with Gasteiger partial charge in [-0.2, -0.15) is 4.31 Å². The first kappa shape index (κ1) is 23.3. The van der Waals surface area contributed by atoms with Gasteiger partial charge in [0.15, 0.2) is 5.16 Å². The molecule has 2 heterocycles. The molecule has 0 atom stereocenters. The number of sulfonamides is 1. The fourth-order valence-electron chi connectivity index (χ4n) is 3.61. The first-order valence-electron chi connectivity index (χ1n) is 10.7. The van der Waals surface area contributed by atoms with Crippen molar-refractivity contribution in [3.05, 3.63) is 70.6 Å². The van der Waals surface area contributed by atoms with Crippen LogP contribution in [0.3, 0.4) is 0 Å². The number of aromatic amines is 1. The van der Waals surface area contributed by atoms with E-state index in [9.17, 15) is 18.0 Å². The maximum absolute atomic E-state index is 12.7. The highest BCUT2D eigenvalue weighted by molar-refractivity contribution is 7.99. The Hall–Kier alpha value is -2.89. The van der Waals surface area contributed by atoms with Crippen molar-refractivity contribution in [3.8, 4) is 0 Å². The highest BCUT2D eigenvalue weighted by Crippen LogP contribution is 2.22. The summed E-state index contributed by atoms with van der Waals surface area (Å²) in [5.74, 6) is -0.235. The predicted molar refractivity (Wildman–Crippen MR) is 127 cm³/mol. The van der Waals surface area contributed by atoms with Gasteiger partial charge in [-0.25, -0.2) is 18.3 Å². The van der Waals surface area contributed by atoms with E-state index in [1.165, 1.54) is 21.0 Å². The van der Waals surface area contributed by atoms with E-state index in [1.54, 1.807) is 12.1 Å². The summed E-state index contributed by atoms with van der Waals surface area (Å²) in [5.41, 5.74) is 1.11. The number of carbonyl (C=O) groups excluding carboxylic acids is 1. The molecule has 2 aromatic carbocycles. The molecule has 1 fully saturated rings. The number of carbonyl (C=O) groups is 1. The Morgan fingerprint density at radius 3 is 2.42 bits per heavy atom. The number of nitrogens with zero attached hydrogens (tertiary/aromatic N) is 3. The minimum Gasteiger partial charge on any atom is -0.325 e. The van der Waals surface area contributed by atoms with Crippen LogP contribution >= 0.6 is 11.8 Å². The van der Waals surface area contributed by atoms with Gasteiger partial charge < -0.3 is 5.32 Å². The van der Waals surface area contributed by atoms with E-state index >= 15 is 0 Å². The van der Waals surface area contributed by atoms with Crippen LogP contribution in [0.4, 0.5) is 5.69 Å². The van der Waals surface area contributed by atoms with Crippen molar-refractivity contribution in [2.75, 3.05) is 24.2 Å². The number of piperidine rings is 1. The molecule has 1 aliphatic heterocycles. The molecule has 0 unspecified atom stereocenters. The minimum atomic E-state index is -3.51. The molecule has 0 spiro atoms. The average molecular weight is 488 g/mol. The standard InChI is InChI=1S/C22H25N5O4S2/c28-20(16-32-22-25-24-21(29)27(22)15-17-7-3-1-4-8-17)23-18-9-11-19(12-10-18)33(30,31)26-13-5-2-6-14-26/h1,3-4,7-12H,2,5-6,13-16H2,(H,23,28)(H,24,29). The minimum absolute atomic E-state index is 0.0485. The molecule has 174 valence electrons. The fraction of sp³-hybridized carbons (Fsp3) is 0.318. The van der Waals surface area contributed by atoms with Crippen molar-refractivity contribution >= 4 is 33.4 Å². The van der Waals surface area contributed by atoms with E-state index in [1.807, 2.05) is 30.3 Å². The lowest BCUT2D eigenvalue weighted by Crippen LogP contribution is -2.35. The lowest BCUT2D eigenvalue weighted by Gasteiger charge is -2.25. The number of hydrogen-bond donors (Lipinski definition) is 2. The lowest BCUT2D eigenvalue weighted by molar-refractivity contribution is -0.113. The third-order valence-electron chi connectivity index (χ3n) is 5.33. The van der Waals surface area contributed by atoms with Gasteiger partial charge in [0.1, 0.15) is 0 Å². The van der Waals surface area contributed by atoms with E-state index < -0.39 is 10.0 Å². The number of rotatable bonds is 8. The zero-order chi connectivity index (χ0) is 23.3. The Morgan fingerprint density at radius 2 is 1.73 bits per heavy atom. The molecule has 0 aliphatic carbocycles. The van der Waals surface area contributed by atoms with Gasteiger partial charge >= 0.3 is 5.69 Å². The predicted octanol–water partition coefficient (Wildman–Crippen LogP) is 2.53. The molecule has 33 heavy (non-hydrogen) atoms. The number of amides is 1. The Labute approximate surface area is 196 Å². The van der Waals surface area contributed by atoms with Crippen LogP contribution in [0.2, 0.25) is 0 Å². The summed E-state index contributed by atoms with van der Waals surface area (Å²) in [4.78, 5) is 24.7. The zero-order valence-corrected chi connectivity index (χ0v) is 19.6. The topological polar surface area (TPSA) is 117 Å². The van der Waals surface area contributed by atoms with E-state index in [-0.39, 0.29) is 22.2 Å². The van der Waals surface area contributed by atoms with Crippen molar-refractivity contribution in [1.29, 1.82) is 0 Å². The molecule has 0 radical (unpaired) electrons. The summed E-state index contributed by atoms with van der Waals surface area (Å²) >= 11 is 1.15. The van der Waals surface area contributed by atoms with Crippen LogP contribution in [0.1, 0.15) is 24.8 Å². The summed E-state index contributed by atoms with van der Waals surface area (Å²) in [7, 11) is -3.51. The monoisotopic (exact) mass is 487 g/mol. The molecule has 1 aromatic heterocycles. The van der Waals surface area contributed by atoms with E-state index in [0.717, 1.165) is 36.6 Å². The molecule has 0 bridgehead atoms. The van der Waals surface area contributed by atoms with E-state index in [0.29, 0.717) is 30.5 Å². The van der Waals surface area contributed by atoms with Gasteiger partial charge in [0, 0.05) is 18.8 Å². The van der Waals surface area contributed by atoms with Crippen molar-refractivity contribution < 1.29 is 13.2 Å². The Balaban J connectivity index is 1.35. The normalized spacial score (nSPS) is 14.8. The molecule has 2 N–H and O–H groups in total. The summed E-state index contributed by atoms with van der Waals surface area (Å²) in [6, 6.07) is 15.7. The van der Waals surface area contributed by atoms with Crippen LogP contribution in [-0.4, -0.2) is 52.2 Å². The third kappa shape index (κ3) is 5.73. The van der Waals surface area contributed by atoms with Crippen LogP contribution in [-0.2, 0) is 21.4 Å². The maximum atomic E-state index is 12.7. The molecular formula is C22H25N5O4S2. The Bertz CT molecular complexity index is 1250. The first-order chi connectivity index (χ1) is 15.9. The number of thioether (sulfide) groups is 1. The Morgan fingerprint density at radius 1 is 1.03 bits per heavy atom. The molecule has 3 aromatic rings. The van der Waals surface area contributed by atoms with Crippen molar-refractivity contribution in [3.63, 3.8) is 0 Å². The van der Waals surface area contributed by atoms with Crippen molar-refractivity contribution in [1.82, 2.24) is 19.1 Å². The smallest absolute Gasteiger partial charge is 0.325 e. The number of hydrogen-bond acceptors (Lipinski definition) is 6. The molecular weight excluding hydrogens is 462 g/mol. The second-order valence-electron chi connectivity index (χ2n) is 7.71. The molecule has 1 saturated heterocycles. The third-order valence-corrected chi connectivity index (χ3v) is 8.22. The van der Waals surface area contributed by atoms with Crippen molar-refractivity contribution in [2.24, 2.45) is 0 Å². The zero-order valence-electron chi connectivity index (χ0n) is 17.9. The largest absolute Gasteiger partial charge is 0.344 e. The summed E-state index contributed by atoms with van der Waals surface area (Å²) in [5, 5.41) is 9.60. The molecule has 1 amide bonds. The van der Waals surface area contributed by atoms with Crippen LogP contribution < -0.4 is 11.0 Å². The highest BCUT2D eigenvalue weighted by atomic mass is 32.2. The first-order valence-corrected chi connectivity index (χ1v) is 13.1. The number of anilines is 1. The average Bonchev–Trinajstić information content (AvgIpc) is 3.18. The van der Waals surface area contributed by atoms with Gasteiger partial charge in [0.05, 0.1) is 17.2 Å². The van der Waals surface area contributed by atoms with Crippen LogP contribution in [0.15, 0.2) is 69.4 Å². The SMILES string of the molecule is O=C(CSc1n[nH]c(=O)n1Cc1ccccc1)Nc1ccc(S(=O)(=O)N2CCCCC2)cc1. The van der Waals surface area contributed by atoms with Gasteiger partial charge in [-0.1, -0.05) is 48.5 Å². The number of benzene rings is 2. The molecule has 9 nitrogen and oxygen atoms in total. The van der Waals surface area contributed by atoms with Crippen LogP contribution in [0, 0.1) is 0 Å². The molecule has 11 heteroatoms. The van der Waals surface area contributed by atoms with Crippen LogP contribution in [0.5, 0.6) is 0 Å². The van der Waals surface area contributed by atoms with Gasteiger partial charge in [-0.15, -0.1) is 5.10 Å². The van der Waals surface area contributed by atoms with Gasteiger partial charge in [-0.3, -0.25) is 9.36 Å². The number of nitrogens with one attached hydrogen (secondary N) is 2. The second-order valence-corrected chi connectivity index (χ2v) is 10.6. The molecule has 0 saturated carbocycles. The van der Waals surface area contributed by atoms with Gasteiger partial charge in [0.2, 0.25) is 15.9 Å². The Kier molecular flexibility index (Phi) is 7.31. The van der Waals surface area contributed by atoms with Crippen molar-refractivity contribution in [2.45, 2.75) is 35.9 Å². The van der Waals surface area contributed by atoms with E-state index in [2.05, 4.69) is 15.5 Å². The quantitative estimate of drug-likeness (QED) is 0.472. The number of aromatic nitrogens is 3. The summed E-state index contributed by atoms with van der Waals surface area (Å²) in [6.07, 6.45) is 2.80. The lowest BCUT2D eigenvalue weighted by atomic mass is 10.2. The number of H-pyrrole nitrogens is 1. The second kappa shape index (κ2) is 10.4.